The van der Waals surface area contributed by atoms with Crippen molar-refractivity contribution in [3.8, 4) is 0 Å². The number of aromatic nitrogens is 1. The molecule has 0 saturated carbocycles. The highest BCUT2D eigenvalue weighted by Gasteiger charge is 2.00. The smallest absolute Gasteiger partial charge is 0.0483 e. The number of rotatable bonds is 6. The summed E-state index contributed by atoms with van der Waals surface area (Å²) in [5.41, 5.74) is 2.63. The van der Waals surface area contributed by atoms with Gasteiger partial charge in [-0.1, -0.05) is 19.1 Å². The Morgan fingerprint density at radius 3 is 3.00 bits per heavy atom. The van der Waals surface area contributed by atoms with Gasteiger partial charge in [0.05, 0.1) is 0 Å². The van der Waals surface area contributed by atoms with Crippen LogP contribution in [0, 0.1) is 0 Å². The molecule has 0 radical (unpaired) electrons. The first-order valence-electron chi connectivity index (χ1n) is 6.24. The number of hydrogen-bond donors (Lipinski definition) is 1. The van der Waals surface area contributed by atoms with Gasteiger partial charge in [-0.25, -0.2) is 0 Å². The molecule has 2 heteroatoms. The normalized spacial score (nSPS) is 10.9. The molecule has 0 aliphatic carbocycles. The van der Waals surface area contributed by atoms with Gasteiger partial charge in [0.15, 0.2) is 0 Å². The van der Waals surface area contributed by atoms with E-state index >= 15 is 0 Å². The van der Waals surface area contributed by atoms with E-state index in [0.717, 1.165) is 19.6 Å². The molecule has 90 valence electrons. The summed E-state index contributed by atoms with van der Waals surface area (Å²) in [4.78, 5) is 0. The second-order valence-electron chi connectivity index (χ2n) is 4.33. The molecule has 0 aliphatic heterocycles. The van der Waals surface area contributed by atoms with Crippen LogP contribution in [-0.4, -0.2) is 11.1 Å². The molecule has 1 aromatic carbocycles. The predicted octanol–water partition coefficient (Wildman–Crippen LogP) is 3.33. The van der Waals surface area contributed by atoms with E-state index in [-0.39, 0.29) is 0 Å². The van der Waals surface area contributed by atoms with E-state index in [1.807, 2.05) is 6.08 Å². The molecule has 0 aliphatic rings. The largest absolute Gasteiger partial charge is 0.344 e. The van der Waals surface area contributed by atoms with E-state index in [0.29, 0.717) is 0 Å². The number of benzene rings is 1. The molecule has 0 saturated heterocycles. The second kappa shape index (κ2) is 5.69. The van der Waals surface area contributed by atoms with Gasteiger partial charge in [-0.2, -0.15) is 0 Å². The van der Waals surface area contributed by atoms with Crippen LogP contribution in [0.25, 0.3) is 10.9 Å². The van der Waals surface area contributed by atoms with Crippen molar-refractivity contribution in [2.24, 2.45) is 0 Å². The number of hydrogen-bond acceptors (Lipinski definition) is 1. The van der Waals surface area contributed by atoms with Crippen molar-refractivity contribution in [1.29, 1.82) is 0 Å². The topological polar surface area (TPSA) is 17.0 Å². The second-order valence-corrected chi connectivity index (χ2v) is 4.33. The lowest BCUT2D eigenvalue weighted by atomic mass is 10.1. The molecular weight excluding hydrogens is 208 g/mol. The molecule has 2 aromatic rings. The predicted molar refractivity (Wildman–Crippen MR) is 74.1 cm³/mol. The third-order valence-corrected chi connectivity index (χ3v) is 2.92. The molecule has 0 atom stereocenters. The van der Waals surface area contributed by atoms with Crippen molar-refractivity contribution < 1.29 is 0 Å². The molecule has 0 spiro atoms. The minimum Gasteiger partial charge on any atom is -0.344 e. The summed E-state index contributed by atoms with van der Waals surface area (Å²) < 4.78 is 2.21. The Labute approximate surface area is 103 Å². The van der Waals surface area contributed by atoms with Crippen LogP contribution >= 0.6 is 0 Å². The standard InChI is InChI=1S/C15H20N2/c1-3-8-16-12-13-5-6-15-14(11-13)7-10-17(15)9-4-2/h4-7,10-11,16H,2-3,8-9,12H2,1H3. The average molecular weight is 228 g/mol. The highest BCUT2D eigenvalue weighted by atomic mass is 14.9. The maximum absolute atomic E-state index is 3.78. The summed E-state index contributed by atoms with van der Waals surface area (Å²) in [7, 11) is 0. The van der Waals surface area contributed by atoms with E-state index in [9.17, 15) is 0 Å². The van der Waals surface area contributed by atoms with Crippen molar-refractivity contribution in [1.82, 2.24) is 9.88 Å². The summed E-state index contributed by atoms with van der Waals surface area (Å²) >= 11 is 0. The summed E-state index contributed by atoms with van der Waals surface area (Å²) in [5.74, 6) is 0. The van der Waals surface area contributed by atoms with Crippen LogP contribution in [0.3, 0.4) is 0 Å². The molecule has 2 nitrogen and oxygen atoms in total. The first-order valence-corrected chi connectivity index (χ1v) is 6.24. The van der Waals surface area contributed by atoms with Crippen molar-refractivity contribution in [3.63, 3.8) is 0 Å². The Balaban J connectivity index is 2.17. The summed E-state index contributed by atoms with van der Waals surface area (Å²) in [6, 6.07) is 8.83. The zero-order valence-corrected chi connectivity index (χ0v) is 10.4. The van der Waals surface area contributed by atoms with Crippen LogP contribution in [0.4, 0.5) is 0 Å². The van der Waals surface area contributed by atoms with Crippen LogP contribution in [0.2, 0.25) is 0 Å². The lowest BCUT2D eigenvalue weighted by molar-refractivity contribution is 0.676. The Morgan fingerprint density at radius 1 is 1.35 bits per heavy atom. The maximum atomic E-state index is 3.78. The molecule has 0 amide bonds. The van der Waals surface area contributed by atoms with E-state index in [2.05, 4.69) is 53.8 Å². The van der Waals surface area contributed by atoms with Crippen LogP contribution in [0.1, 0.15) is 18.9 Å². The number of nitrogens with one attached hydrogen (secondary N) is 1. The summed E-state index contributed by atoms with van der Waals surface area (Å²) in [6.45, 7) is 8.87. The van der Waals surface area contributed by atoms with Gasteiger partial charge < -0.3 is 9.88 Å². The van der Waals surface area contributed by atoms with Crippen LogP contribution in [-0.2, 0) is 13.1 Å². The fourth-order valence-corrected chi connectivity index (χ4v) is 2.07. The van der Waals surface area contributed by atoms with Gasteiger partial charge in [0.1, 0.15) is 0 Å². The Bertz CT molecular complexity index is 497. The van der Waals surface area contributed by atoms with Gasteiger partial charge in [0.25, 0.3) is 0 Å². The molecule has 0 bridgehead atoms. The van der Waals surface area contributed by atoms with Crippen molar-refractivity contribution in [2.75, 3.05) is 6.54 Å². The first-order chi connectivity index (χ1) is 8.35. The third-order valence-electron chi connectivity index (χ3n) is 2.92. The third kappa shape index (κ3) is 2.77. The lowest BCUT2D eigenvalue weighted by Gasteiger charge is -2.05. The van der Waals surface area contributed by atoms with Crippen molar-refractivity contribution >= 4 is 10.9 Å². The average Bonchev–Trinajstić information content (AvgIpc) is 2.73. The molecule has 17 heavy (non-hydrogen) atoms. The van der Waals surface area contributed by atoms with Crippen LogP contribution in [0.5, 0.6) is 0 Å². The SMILES string of the molecule is C=CCn1ccc2cc(CNCCC)ccc21. The molecule has 0 fully saturated rings. The van der Waals surface area contributed by atoms with Crippen molar-refractivity contribution in [2.45, 2.75) is 26.4 Å². The Kier molecular flexibility index (Phi) is 3.99. The minimum absolute atomic E-state index is 0.872. The Hall–Kier alpha value is -1.54. The highest BCUT2D eigenvalue weighted by Crippen LogP contribution is 2.17. The quantitative estimate of drug-likeness (QED) is 0.593. The van der Waals surface area contributed by atoms with Gasteiger partial charge >= 0.3 is 0 Å². The molecular formula is C15H20N2. The number of nitrogens with zero attached hydrogens (tertiary/aromatic N) is 1. The minimum atomic E-state index is 0.872. The maximum Gasteiger partial charge on any atom is 0.0483 e. The zero-order valence-electron chi connectivity index (χ0n) is 10.4. The van der Waals surface area contributed by atoms with Gasteiger partial charge in [0, 0.05) is 24.8 Å². The lowest BCUT2D eigenvalue weighted by Crippen LogP contribution is -2.13. The molecule has 1 N–H and O–H groups in total. The monoisotopic (exact) mass is 228 g/mol. The van der Waals surface area contributed by atoms with E-state index in [1.54, 1.807) is 0 Å². The summed E-state index contributed by atoms with van der Waals surface area (Å²) in [6.07, 6.45) is 5.23. The van der Waals surface area contributed by atoms with Gasteiger partial charge in [-0.3, -0.25) is 0 Å². The number of fused-ring (bicyclic) bond motifs is 1. The molecule has 1 heterocycles. The summed E-state index contributed by atoms with van der Waals surface area (Å²) in [5, 5.41) is 4.73. The Morgan fingerprint density at radius 2 is 2.24 bits per heavy atom. The van der Waals surface area contributed by atoms with Crippen LogP contribution < -0.4 is 5.32 Å². The molecule has 1 aromatic heterocycles. The fourth-order valence-electron chi connectivity index (χ4n) is 2.07. The van der Waals surface area contributed by atoms with Gasteiger partial charge in [-0.05, 0) is 42.1 Å². The molecule has 0 unspecified atom stereocenters. The zero-order chi connectivity index (χ0) is 12.1. The van der Waals surface area contributed by atoms with E-state index in [1.165, 1.54) is 22.9 Å². The number of allylic oxidation sites excluding steroid dienone is 1. The van der Waals surface area contributed by atoms with E-state index in [4.69, 9.17) is 0 Å². The molecule has 2 rings (SSSR count). The van der Waals surface area contributed by atoms with E-state index < -0.39 is 0 Å². The van der Waals surface area contributed by atoms with Gasteiger partial charge in [-0.15, -0.1) is 6.58 Å². The highest BCUT2D eigenvalue weighted by molar-refractivity contribution is 5.80. The van der Waals surface area contributed by atoms with Gasteiger partial charge in [0.2, 0.25) is 0 Å². The first kappa shape index (κ1) is 11.9. The van der Waals surface area contributed by atoms with Crippen LogP contribution in [0.15, 0.2) is 43.1 Å². The fraction of sp³-hybridized carbons (Fsp3) is 0.333. The van der Waals surface area contributed by atoms with Crippen molar-refractivity contribution in [3.05, 3.63) is 48.7 Å².